The van der Waals surface area contributed by atoms with Crippen LogP contribution in [0.4, 0.5) is 0 Å². The highest BCUT2D eigenvalue weighted by Crippen LogP contribution is 2.40. The molecule has 1 fully saturated rings. The number of benzene rings is 3. The van der Waals surface area contributed by atoms with E-state index in [-0.39, 0.29) is 19.8 Å². The molecule has 35 heavy (non-hydrogen) atoms. The Hall–Kier alpha value is -3.23. The van der Waals surface area contributed by atoms with E-state index in [1.54, 1.807) is 0 Å². The molecule has 0 spiro atoms. The summed E-state index contributed by atoms with van der Waals surface area (Å²) in [7, 11) is 0. The summed E-state index contributed by atoms with van der Waals surface area (Å²) in [6.07, 6.45) is -2.67. The summed E-state index contributed by atoms with van der Waals surface area (Å²) in [5.41, 5.74) is 10.1. The van der Waals surface area contributed by atoms with Crippen LogP contribution < -0.4 is 0 Å². The zero-order chi connectivity index (χ0) is 24.5. The molecule has 0 heterocycles. The van der Waals surface area contributed by atoms with E-state index in [0.717, 1.165) is 16.7 Å². The highest BCUT2D eigenvalue weighted by Gasteiger charge is 2.62. The third-order valence-electron chi connectivity index (χ3n) is 6.21. The second-order valence-electron chi connectivity index (χ2n) is 8.54. The van der Waals surface area contributed by atoms with Gasteiger partial charge in [-0.15, -0.1) is 0 Å². The van der Waals surface area contributed by atoms with Gasteiger partial charge in [0.25, 0.3) is 0 Å². The van der Waals surface area contributed by atoms with Crippen molar-refractivity contribution in [3.05, 3.63) is 118 Å². The van der Waals surface area contributed by atoms with E-state index in [4.69, 9.17) is 14.2 Å². The van der Waals surface area contributed by atoms with Gasteiger partial charge in [0, 0.05) is 4.91 Å². The lowest BCUT2D eigenvalue weighted by molar-refractivity contribution is -0.166. The Labute approximate surface area is 204 Å². The van der Waals surface area contributed by atoms with E-state index in [0.29, 0.717) is 0 Å². The van der Waals surface area contributed by atoms with Gasteiger partial charge in [-0.05, 0) is 22.2 Å². The van der Waals surface area contributed by atoms with Gasteiger partial charge >= 0.3 is 0 Å². The number of ether oxygens (including phenoxy) is 3. The largest absolute Gasteiger partial charge is 0.393 e. The van der Waals surface area contributed by atoms with Gasteiger partial charge in [0.2, 0.25) is 0 Å². The van der Waals surface area contributed by atoms with Crippen molar-refractivity contribution in [3.8, 4) is 0 Å². The number of hydrogen-bond donors (Lipinski definition) is 2. The number of nitrogens with zero attached hydrogens (tertiary/aromatic N) is 3. The van der Waals surface area contributed by atoms with Crippen LogP contribution >= 0.6 is 0 Å². The number of hydrogen-bond acceptors (Lipinski definition) is 6. The molecule has 1 aliphatic carbocycles. The fraction of sp³-hybridized carbons (Fsp3) is 0.333. The molecule has 1 saturated carbocycles. The van der Waals surface area contributed by atoms with Crippen molar-refractivity contribution in [2.45, 2.75) is 49.8 Å². The van der Waals surface area contributed by atoms with Crippen molar-refractivity contribution in [3.63, 3.8) is 0 Å². The Morgan fingerprint density at radius 2 is 1.14 bits per heavy atom. The summed E-state index contributed by atoms with van der Waals surface area (Å²) in [6.45, 7) is -0.0760. The molecule has 8 nitrogen and oxygen atoms in total. The summed E-state index contributed by atoms with van der Waals surface area (Å²) in [4.78, 5) is 2.93. The first-order valence-corrected chi connectivity index (χ1v) is 11.5. The van der Waals surface area contributed by atoms with Crippen molar-refractivity contribution < 1.29 is 24.4 Å². The first-order valence-electron chi connectivity index (χ1n) is 11.5. The Morgan fingerprint density at radius 1 is 0.714 bits per heavy atom. The van der Waals surface area contributed by atoms with Crippen LogP contribution in [0, 0.1) is 0 Å². The van der Waals surface area contributed by atoms with Crippen molar-refractivity contribution in [2.75, 3.05) is 6.61 Å². The number of aliphatic hydroxyl groups excluding tert-OH is 1. The molecule has 0 aliphatic heterocycles. The first-order chi connectivity index (χ1) is 17.2. The molecule has 0 radical (unpaired) electrons. The SMILES string of the molecule is [N-]=[N+]=N[C@H]1[C@H](OCc2ccccc2)[C@@H](OCc2ccccc2)[C@H](OCc2ccccc2)[C@@]1(O)CO. The predicted molar refractivity (Wildman–Crippen MR) is 130 cm³/mol. The number of aliphatic hydroxyl groups is 2. The lowest BCUT2D eigenvalue weighted by atomic mass is 9.96. The van der Waals surface area contributed by atoms with Crippen LogP contribution in [0.1, 0.15) is 16.7 Å². The molecule has 0 amide bonds. The molecule has 3 aromatic carbocycles. The summed E-state index contributed by atoms with van der Waals surface area (Å²) in [6, 6.07) is 27.5. The normalized spacial score (nSPS) is 25.8. The maximum atomic E-state index is 11.6. The van der Waals surface area contributed by atoms with Crippen molar-refractivity contribution in [1.82, 2.24) is 0 Å². The summed E-state index contributed by atoms with van der Waals surface area (Å²) >= 11 is 0. The summed E-state index contributed by atoms with van der Waals surface area (Å²) in [5.74, 6) is 0. The minimum Gasteiger partial charge on any atom is -0.393 e. The van der Waals surface area contributed by atoms with Gasteiger partial charge in [-0.3, -0.25) is 0 Å². The van der Waals surface area contributed by atoms with Crippen LogP contribution in [0.2, 0.25) is 0 Å². The lowest BCUT2D eigenvalue weighted by Gasteiger charge is -2.32. The Balaban J connectivity index is 1.63. The van der Waals surface area contributed by atoms with Gasteiger partial charge in [0.1, 0.15) is 17.8 Å². The minimum atomic E-state index is -1.90. The summed E-state index contributed by atoms with van der Waals surface area (Å²) in [5, 5.41) is 25.7. The highest BCUT2D eigenvalue weighted by molar-refractivity contribution is 5.19. The zero-order valence-corrected chi connectivity index (χ0v) is 19.3. The summed E-state index contributed by atoms with van der Waals surface area (Å²) < 4.78 is 18.6. The molecule has 0 bridgehead atoms. The second kappa shape index (κ2) is 12.0. The van der Waals surface area contributed by atoms with Gasteiger partial charge in [0.05, 0.1) is 38.6 Å². The third kappa shape index (κ3) is 5.89. The van der Waals surface area contributed by atoms with Crippen LogP contribution in [0.15, 0.2) is 96.1 Å². The topological polar surface area (TPSA) is 117 Å². The fourth-order valence-electron chi connectivity index (χ4n) is 4.39. The fourth-order valence-corrected chi connectivity index (χ4v) is 4.39. The smallest absolute Gasteiger partial charge is 0.127 e. The molecule has 5 atom stereocenters. The van der Waals surface area contributed by atoms with Gasteiger partial charge in [-0.1, -0.05) is 96.1 Å². The maximum absolute atomic E-state index is 11.6. The molecule has 182 valence electrons. The van der Waals surface area contributed by atoms with E-state index in [1.807, 2.05) is 91.0 Å². The molecule has 8 heteroatoms. The average Bonchev–Trinajstić information content (AvgIpc) is 3.13. The van der Waals surface area contributed by atoms with Crippen LogP contribution in [-0.4, -0.2) is 46.8 Å². The standard InChI is InChI=1S/C27H29N3O5/c28-30-29-25-23(33-16-20-10-4-1-5-11-20)24(34-17-21-12-6-2-7-13-21)26(27(25,32)19-31)35-18-22-14-8-3-9-15-22/h1-15,23-26,31-32H,16-19H2/t23-,24-,25+,26+,27-/m1/s1. The third-order valence-corrected chi connectivity index (χ3v) is 6.21. The van der Waals surface area contributed by atoms with Crippen molar-refractivity contribution in [2.24, 2.45) is 5.11 Å². The van der Waals surface area contributed by atoms with E-state index >= 15 is 0 Å². The van der Waals surface area contributed by atoms with E-state index in [1.165, 1.54) is 0 Å². The van der Waals surface area contributed by atoms with Gasteiger partial charge in [-0.2, -0.15) is 0 Å². The monoisotopic (exact) mass is 475 g/mol. The zero-order valence-electron chi connectivity index (χ0n) is 19.3. The van der Waals surface area contributed by atoms with Gasteiger partial charge < -0.3 is 24.4 Å². The highest BCUT2D eigenvalue weighted by atomic mass is 16.6. The molecule has 0 aromatic heterocycles. The van der Waals surface area contributed by atoms with Crippen LogP contribution in [-0.2, 0) is 34.0 Å². The molecule has 0 unspecified atom stereocenters. The van der Waals surface area contributed by atoms with Crippen LogP contribution in [0.5, 0.6) is 0 Å². The quantitative estimate of drug-likeness (QED) is 0.245. The number of rotatable bonds is 11. The van der Waals surface area contributed by atoms with Crippen molar-refractivity contribution >= 4 is 0 Å². The van der Waals surface area contributed by atoms with Crippen molar-refractivity contribution in [1.29, 1.82) is 0 Å². The Bertz CT molecular complexity index is 1100. The number of azide groups is 1. The van der Waals surface area contributed by atoms with E-state index < -0.39 is 36.6 Å². The molecule has 0 saturated heterocycles. The van der Waals surface area contributed by atoms with Crippen LogP contribution in [0.3, 0.4) is 0 Å². The van der Waals surface area contributed by atoms with E-state index in [2.05, 4.69) is 10.0 Å². The predicted octanol–water partition coefficient (Wildman–Crippen LogP) is 4.16. The molecular formula is C27H29N3O5. The van der Waals surface area contributed by atoms with Gasteiger partial charge in [0.15, 0.2) is 0 Å². The average molecular weight is 476 g/mol. The van der Waals surface area contributed by atoms with Crippen LogP contribution in [0.25, 0.3) is 10.4 Å². The Kier molecular flexibility index (Phi) is 8.50. The minimum absolute atomic E-state index is 0.174. The first kappa shape index (κ1) is 24.9. The second-order valence-corrected chi connectivity index (χ2v) is 8.54. The molecule has 2 N–H and O–H groups in total. The maximum Gasteiger partial charge on any atom is 0.127 e. The van der Waals surface area contributed by atoms with Gasteiger partial charge in [-0.25, -0.2) is 0 Å². The molecule has 4 rings (SSSR count). The lowest BCUT2D eigenvalue weighted by Crippen LogP contribution is -2.52. The molecule has 1 aliphatic rings. The molecule has 3 aromatic rings. The Morgan fingerprint density at radius 3 is 1.57 bits per heavy atom. The molecular weight excluding hydrogens is 446 g/mol. The van der Waals surface area contributed by atoms with E-state index in [9.17, 15) is 15.7 Å².